The SMILES string of the molecule is CCN(C(=O)c1cc(NCCC2=CCCCC2)ncn1)c1cccc(C)c1. The van der Waals surface area contributed by atoms with Gasteiger partial charge in [0.25, 0.3) is 5.91 Å². The number of carbonyl (C=O) groups is 1. The van der Waals surface area contributed by atoms with Gasteiger partial charge >= 0.3 is 0 Å². The Bertz CT molecular complexity index is 815. The van der Waals surface area contributed by atoms with Crippen LogP contribution in [0, 0.1) is 6.92 Å². The van der Waals surface area contributed by atoms with Crippen LogP contribution in [0.25, 0.3) is 0 Å². The molecule has 0 saturated heterocycles. The van der Waals surface area contributed by atoms with Crippen LogP contribution in [0.1, 0.15) is 55.1 Å². The Balaban J connectivity index is 1.66. The fourth-order valence-corrected chi connectivity index (χ4v) is 3.43. The van der Waals surface area contributed by atoms with Crippen molar-refractivity contribution in [2.75, 3.05) is 23.3 Å². The molecule has 142 valence electrons. The van der Waals surface area contributed by atoms with Gasteiger partial charge < -0.3 is 10.2 Å². The van der Waals surface area contributed by atoms with Gasteiger partial charge in [-0.15, -0.1) is 0 Å². The lowest BCUT2D eigenvalue weighted by Crippen LogP contribution is -2.31. The van der Waals surface area contributed by atoms with Gasteiger partial charge in [0.15, 0.2) is 0 Å². The van der Waals surface area contributed by atoms with Crippen molar-refractivity contribution in [3.63, 3.8) is 0 Å². The number of nitrogens with zero attached hydrogens (tertiary/aromatic N) is 3. The van der Waals surface area contributed by atoms with Crippen LogP contribution in [0.5, 0.6) is 0 Å². The van der Waals surface area contributed by atoms with E-state index in [1.54, 1.807) is 11.0 Å². The predicted molar refractivity (Wildman–Crippen MR) is 110 cm³/mol. The number of hydrogen-bond donors (Lipinski definition) is 1. The lowest BCUT2D eigenvalue weighted by Gasteiger charge is -2.21. The summed E-state index contributed by atoms with van der Waals surface area (Å²) < 4.78 is 0. The number of aryl methyl sites for hydroxylation is 1. The van der Waals surface area contributed by atoms with E-state index in [9.17, 15) is 4.79 Å². The van der Waals surface area contributed by atoms with E-state index in [1.807, 2.05) is 38.1 Å². The van der Waals surface area contributed by atoms with Crippen LogP contribution in [0.4, 0.5) is 11.5 Å². The maximum absolute atomic E-state index is 13.0. The Morgan fingerprint density at radius 2 is 2.11 bits per heavy atom. The third-order valence-corrected chi connectivity index (χ3v) is 4.90. The second-order valence-electron chi connectivity index (χ2n) is 6.96. The summed E-state index contributed by atoms with van der Waals surface area (Å²) in [7, 11) is 0. The zero-order chi connectivity index (χ0) is 19.1. The first-order valence-electron chi connectivity index (χ1n) is 9.79. The molecule has 3 rings (SSSR count). The smallest absolute Gasteiger partial charge is 0.277 e. The molecule has 1 aliphatic rings. The minimum absolute atomic E-state index is 0.108. The molecule has 5 heteroatoms. The van der Waals surface area contributed by atoms with Crippen molar-refractivity contribution in [2.24, 2.45) is 0 Å². The highest BCUT2D eigenvalue weighted by molar-refractivity contribution is 6.05. The number of carbonyl (C=O) groups excluding carboxylic acids is 1. The number of rotatable bonds is 7. The average Bonchev–Trinajstić information content (AvgIpc) is 2.70. The highest BCUT2D eigenvalue weighted by atomic mass is 16.2. The van der Waals surface area contributed by atoms with Gasteiger partial charge in [-0.3, -0.25) is 4.79 Å². The summed E-state index contributed by atoms with van der Waals surface area (Å²) >= 11 is 0. The third-order valence-electron chi connectivity index (χ3n) is 4.90. The summed E-state index contributed by atoms with van der Waals surface area (Å²) in [5, 5.41) is 3.33. The molecule has 0 radical (unpaired) electrons. The molecule has 0 saturated carbocycles. The molecule has 0 atom stereocenters. The Kier molecular flexibility index (Phi) is 6.58. The maximum atomic E-state index is 13.0. The Hall–Kier alpha value is -2.69. The standard InChI is InChI=1S/C22H28N4O/c1-3-26(19-11-7-8-17(2)14-19)22(27)20-15-21(25-16-24-20)23-13-12-18-9-5-4-6-10-18/h7-9,11,14-16H,3-6,10,12-13H2,1-2H3,(H,23,24,25). The lowest BCUT2D eigenvalue weighted by molar-refractivity contribution is 0.0983. The van der Waals surface area contributed by atoms with E-state index in [1.165, 1.54) is 37.6 Å². The summed E-state index contributed by atoms with van der Waals surface area (Å²) in [6, 6.07) is 9.70. The Morgan fingerprint density at radius 3 is 2.85 bits per heavy atom. The van der Waals surface area contributed by atoms with E-state index in [2.05, 4.69) is 21.4 Å². The van der Waals surface area contributed by atoms with Crippen LogP contribution in [-0.2, 0) is 0 Å². The van der Waals surface area contributed by atoms with Crippen molar-refractivity contribution >= 4 is 17.4 Å². The molecule has 0 unspecified atom stereocenters. The Labute approximate surface area is 161 Å². The number of nitrogens with one attached hydrogen (secondary N) is 1. The van der Waals surface area contributed by atoms with E-state index in [0.29, 0.717) is 18.1 Å². The van der Waals surface area contributed by atoms with Gasteiger partial charge in [-0.05, 0) is 63.6 Å². The van der Waals surface area contributed by atoms with Crippen LogP contribution < -0.4 is 10.2 Å². The topological polar surface area (TPSA) is 58.1 Å². The number of hydrogen-bond acceptors (Lipinski definition) is 4. The molecule has 1 N–H and O–H groups in total. The molecular weight excluding hydrogens is 336 g/mol. The average molecular weight is 364 g/mol. The molecule has 1 heterocycles. The highest BCUT2D eigenvalue weighted by Gasteiger charge is 2.18. The van der Waals surface area contributed by atoms with Crippen LogP contribution in [0.3, 0.4) is 0 Å². The number of anilines is 2. The van der Waals surface area contributed by atoms with Gasteiger partial charge in [0.05, 0.1) is 0 Å². The number of amides is 1. The summed E-state index contributed by atoms with van der Waals surface area (Å²) in [6.07, 6.45) is 9.86. The van der Waals surface area contributed by atoms with Crippen LogP contribution >= 0.6 is 0 Å². The summed E-state index contributed by atoms with van der Waals surface area (Å²) in [5.41, 5.74) is 3.95. The minimum atomic E-state index is -0.108. The third kappa shape index (κ3) is 5.16. The zero-order valence-electron chi connectivity index (χ0n) is 16.2. The van der Waals surface area contributed by atoms with Gasteiger partial charge in [-0.25, -0.2) is 9.97 Å². The number of aromatic nitrogens is 2. The van der Waals surface area contributed by atoms with Crippen molar-refractivity contribution in [2.45, 2.75) is 46.0 Å². The molecule has 1 aliphatic carbocycles. The molecular formula is C22H28N4O. The summed E-state index contributed by atoms with van der Waals surface area (Å²) in [5.74, 6) is 0.591. The van der Waals surface area contributed by atoms with Crippen molar-refractivity contribution < 1.29 is 4.79 Å². The van der Waals surface area contributed by atoms with Crippen molar-refractivity contribution in [1.29, 1.82) is 0 Å². The van der Waals surface area contributed by atoms with Gasteiger partial charge in [-0.1, -0.05) is 23.8 Å². The summed E-state index contributed by atoms with van der Waals surface area (Å²) in [4.78, 5) is 23.2. The predicted octanol–water partition coefficient (Wildman–Crippen LogP) is 4.75. The van der Waals surface area contributed by atoms with E-state index in [4.69, 9.17) is 0 Å². The first-order valence-corrected chi connectivity index (χ1v) is 9.79. The van der Waals surface area contributed by atoms with Crippen molar-refractivity contribution in [3.05, 3.63) is 59.6 Å². The van der Waals surface area contributed by atoms with Gasteiger partial charge in [-0.2, -0.15) is 0 Å². The normalized spacial score (nSPS) is 13.8. The minimum Gasteiger partial charge on any atom is -0.370 e. The van der Waals surface area contributed by atoms with Crippen molar-refractivity contribution in [1.82, 2.24) is 9.97 Å². The first-order chi connectivity index (χ1) is 13.2. The van der Waals surface area contributed by atoms with E-state index >= 15 is 0 Å². The molecule has 5 nitrogen and oxygen atoms in total. The Morgan fingerprint density at radius 1 is 1.22 bits per heavy atom. The van der Waals surface area contributed by atoms with E-state index in [0.717, 1.165) is 24.2 Å². The fraction of sp³-hybridized carbons (Fsp3) is 0.409. The first kappa shape index (κ1) is 19.1. The van der Waals surface area contributed by atoms with Gasteiger partial charge in [0.2, 0.25) is 0 Å². The van der Waals surface area contributed by atoms with Crippen LogP contribution in [-0.4, -0.2) is 29.0 Å². The summed E-state index contributed by atoms with van der Waals surface area (Å²) in [6.45, 7) is 5.41. The maximum Gasteiger partial charge on any atom is 0.277 e. The quantitative estimate of drug-likeness (QED) is 0.720. The van der Waals surface area contributed by atoms with Crippen molar-refractivity contribution in [3.8, 4) is 0 Å². The number of benzene rings is 1. The molecule has 1 aromatic heterocycles. The van der Waals surface area contributed by atoms with Crippen LogP contribution in [0.15, 0.2) is 48.3 Å². The second-order valence-corrected chi connectivity index (χ2v) is 6.96. The van der Waals surface area contributed by atoms with Gasteiger partial charge in [0.1, 0.15) is 17.8 Å². The van der Waals surface area contributed by atoms with Gasteiger partial charge in [0, 0.05) is 24.8 Å². The van der Waals surface area contributed by atoms with Crippen LogP contribution in [0.2, 0.25) is 0 Å². The molecule has 0 spiro atoms. The lowest BCUT2D eigenvalue weighted by atomic mass is 9.97. The molecule has 1 aromatic carbocycles. The molecule has 0 fully saturated rings. The molecule has 0 bridgehead atoms. The monoisotopic (exact) mass is 364 g/mol. The highest BCUT2D eigenvalue weighted by Crippen LogP contribution is 2.21. The molecule has 27 heavy (non-hydrogen) atoms. The fourth-order valence-electron chi connectivity index (χ4n) is 3.43. The molecule has 1 amide bonds. The van der Waals surface area contributed by atoms with E-state index < -0.39 is 0 Å². The largest absolute Gasteiger partial charge is 0.370 e. The number of allylic oxidation sites excluding steroid dienone is 1. The molecule has 2 aromatic rings. The molecule has 0 aliphatic heterocycles. The second kappa shape index (κ2) is 9.31. The van der Waals surface area contributed by atoms with E-state index in [-0.39, 0.29) is 5.91 Å². The zero-order valence-corrected chi connectivity index (χ0v) is 16.2.